The zero-order chi connectivity index (χ0) is 17.1. The van der Waals surface area contributed by atoms with Gasteiger partial charge in [-0.2, -0.15) is 5.10 Å². The first kappa shape index (κ1) is 15.6. The summed E-state index contributed by atoms with van der Waals surface area (Å²) < 4.78 is 1.88. The molecule has 118 valence electrons. The third-order valence-electron chi connectivity index (χ3n) is 3.41. The number of nitrogens with zero attached hydrogens (tertiary/aromatic N) is 5. The number of nitrogens with one attached hydrogen (secondary N) is 1. The number of hydrogen-bond acceptors (Lipinski definition) is 4. The number of nitrogens with two attached hydrogens (primary N) is 1. The number of aromatic nitrogens is 3. The lowest BCUT2D eigenvalue weighted by Gasteiger charge is -2.08. The second-order valence-corrected chi connectivity index (χ2v) is 5.47. The number of rotatable bonds is 3. The molecule has 0 saturated heterocycles. The summed E-state index contributed by atoms with van der Waals surface area (Å²) in [6, 6.07) is 7.26. The van der Waals surface area contributed by atoms with Crippen LogP contribution in [-0.2, 0) is 7.05 Å². The van der Waals surface area contributed by atoms with E-state index in [0.29, 0.717) is 11.2 Å². The molecule has 3 N–H and O–H groups in total. The lowest BCUT2D eigenvalue weighted by molar-refractivity contribution is 0.917. The van der Waals surface area contributed by atoms with Gasteiger partial charge >= 0.3 is 0 Å². The van der Waals surface area contributed by atoms with E-state index in [1.54, 1.807) is 30.9 Å². The summed E-state index contributed by atoms with van der Waals surface area (Å²) in [4.78, 5) is 12.2. The third-order valence-corrected chi connectivity index (χ3v) is 3.50. The number of hydrogen-bond donors (Lipinski definition) is 2. The Balaban J connectivity index is 2.20. The van der Waals surface area contributed by atoms with E-state index in [-0.39, 0.29) is 5.11 Å². The molecule has 0 saturated carbocycles. The maximum Gasteiger partial charge on any atom is 0.189 e. The van der Waals surface area contributed by atoms with Crippen LogP contribution in [0.25, 0.3) is 27.1 Å². The first-order chi connectivity index (χ1) is 11.6. The molecule has 0 fully saturated rings. The summed E-state index contributed by atoms with van der Waals surface area (Å²) in [5, 5.41) is 4.99. The normalized spacial score (nSPS) is 10.8. The van der Waals surface area contributed by atoms with Gasteiger partial charge in [-0.1, -0.05) is 12.1 Å². The summed E-state index contributed by atoms with van der Waals surface area (Å²) in [7, 11) is 1.89. The third kappa shape index (κ3) is 3.06. The van der Waals surface area contributed by atoms with Gasteiger partial charge in [0.05, 0.1) is 42.2 Å². The Labute approximate surface area is 143 Å². The van der Waals surface area contributed by atoms with Crippen LogP contribution < -0.4 is 11.2 Å². The molecule has 7 nitrogen and oxygen atoms in total. The van der Waals surface area contributed by atoms with Crippen molar-refractivity contribution in [1.82, 2.24) is 20.0 Å². The summed E-state index contributed by atoms with van der Waals surface area (Å²) in [5.74, 6) is 0. The molecule has 0 amide bonds. The van der Waals surface area contributed by atoms with Gasteiger partial charge in [0.2, 0.25) is 0 Å². The van der Waals surface area contributed by atoms with Crippen molar-refractivity contribution in [3.8, 4) is 11.4 Å². The number of pyridine rings is 1. The van der Waals surface area contributed by atoms with E-state index in [4.69, 9.17) is 24.5 Å². The summed E-state index contributed by atoms with van der Waals surface area (Å²) >= 11 is 4.74. The van der Waals surface area contributed by atoms with Crippen molar-refractivity contribution in [2.75, 3.05) is 0 Å². The number of imidazole rings is 1. The highest BCUT2D eigenvalue weighted by Gasteiger charge is 2.10. The Bertz CT molecular complexity index is 997. The molecule has 2 heterocycles. The van der Waals surface area contributed by atoms with E-state index < -0.39 is 0 Å². The van der Waals surface area contributed by atoms with Crippen molar-refractivity contribution in [3.05, 3.63) is 53.8 Å². The molecular formula is C16H13N7S. The van der Waals surface area contributed by atoms with Crippen LogP contribution in [0.4, 0.5) is 5.69 Å². The van der Waals surface area contributed by atoms with E-state index in [9.17, 15) is 0 Å². The van der Waals surface area contributed by atoms with Gasteiger partial charge in [-0.15, -0.1) is 0 Å². The highest BCUT2D eigenvalue weighted by Crippen LogP contribution is 2.26. The molecule has 0 bridgehead atoms. The molecule has 3 rings (SSSR count). The van der Waals surface area contributed by atoms with Gasteiger partial charge in [-0.25, -0.2) is 14.8 Å². The average Bonchev–Trinajstić information content (AvgIpc) is 2.99. The van der Waals surface area contributed by atoms with E-state index in [1.165, 1.54) is 0 Å². The van der Waals surface area contributed by atoms with Crippen LogP contribution in [0.2, 0.25) is 0 Å². The molecular weight excluding hydrogens is 322 g/mol. The van der Waals surface area contributed by atoms with Gasteiger partial charge in [-0.3, -0.25) is 5.43 Å². The molecule has 0 radical (unpaired) electrons. The smallest absolute Gasteiger partial charge is 0.189 e. The van der Waals surface area contributed by atoms with Crippen molar-refractivity contribution < 1.29 is 0 Å². The van der Waals surface area contributed by atoms with Crippen LogP contribution in [0, 0.1) is 6.57 Å². The minimum Gasteiger partial charge on any atom is -0.375 e. The maximum absolute atomic E-state index is 7.18. The monoisotopic (exact) mass is 335 g/mol. The second-order valence-electron chi connectivity index (χ2n) is 5.03. The molecule has 0 spiro atoms. The number of thiocarbonyl (C=S) groups is 1. The summed E-state index contributed by atoms with van der Waals surface area (Å²) in [5.41, 5.74) is 11.6. The summed E-state index contributed by atoms with van der Waals surface area (Å²) in [6.07, 6.45) is 5.07. The predicted octanol–water partition coefficient (Wildman–Crippen LogP) is 2.35. The Morgan fingerprint density at radius 3 is 2.96 bits per heavy atom. The molecule has 2 aromatic heterocycles. The Hall–Kier alpha value is -3.31. The number of aryl methyl sites for hydroxylation is 1. The molecule has 0 aliphatic rings. The molecule has 0 aliphatic heterocycles. The lowest BCUT2D eigenvalue weighted by Crippen LogP contribution is -2.24. The van der Waals surface area contributed by atoms with Crippen LogP contribution in [0.1, 0.15) is 5.56 Å². The van der Waals surface area contributed by atoms with Crippen molar-refractivity contribution >= 4 is 40.1 Å². The first-order valence-electron chi connectivity index (χ1n) is 6.96. The molecule has 0 atom stereocenters. The van der Waals surface area contributed by atoms with E-state index >= 15 is 0 Å². The molecule has 8 heteroatoms. The van der Waals surface area contributed by atoms with E-state index in [0.717, 1.165) is 22.3 Å². The van der Waals surface area contributed by atoms with E-state index in [2.05, 4.69) is 25.3 Å². The molecule has 24 heavy (non-hydrogen) atoms. The maximum atomic E-state index is 7.18. The van der Waals surface area contributed by atoms with Crippen molar-refractivity contribution in [2.24, 2.45) is 17.9 Å². The minimum absolute atomic E-state index is 0.0896. The Kier molecular flexibility index (Phi) is 4.18. The average molecular weight is 335 g/mol. The fourth-order valence-electron chi connectivity index (χ4n) is 2.32. The van der Waals surface area contributed by atoms with Gasteiger partial charge in [0.15, 0.2) is 10.8 Å². The molecule has 3 aromatic rings. The standard InChI is InChI=1S/C16H13N7S/c1-18-11-3-4-12-10(7-20-22-16(17)24)5-14(21-13(12)6-11)15-8-19-9-23(15)2/h3-9H,2H3,(H3,17,22,24)/b20-7+. The number of fused-ring (bicyclic) bond motifs is 1. The highest BCUT2D eigenvalue weighted by atomic mass is 32.1. The largest absolute Gasteiger partial charge is 0.375 e. The summed E-state index contributed by atoms with van der Waals surface area (Å²) in [6.45, 7) is 7.18. The SMILES string of the molecule is [C-]#[N+]c1ccc2c(/C=N/NC(N)=S)cc(-c3cncn3C)nc2c1. The second kappa shape index (κ2) is 6.44. The van der Waals surface area contributed by atoms with E-state index in [1.807, 2.05) is 23.7 Å². The first-order valence-corrected chi connectivity index (χ1v) is 7.37. The van der Waals surface area contributed by atoms with Gasteiger partial charge in [0.1, 0.15) is 0 Å². The fourth-order valence-corrected chi connectivity index (χ4v) is 2.37. The van der Waals surface area contributed by atoms with Crippen LogP contribution in [0.5, 0.6) is 0 Å². The van der Waals surface area contributed by atoms with Crippen LogP contribution in [-0.4, -0.2) is 25.9 Å². The van der Waals surface area contributed by atoms with Crippen LogP contribution >= 0.6 is 12.2 Å². The van der Waals surface area contributed by atoms with Gasteiger partial charge < -0.3 is 10.3 Å². The molecule has 0 unspecified atom stereocenters. The van der Waals surface area contributed by atoms with Gasteiger partial charge in [0, 0.05) is 18.0 Å². The van der Waals surface area contributed by atoms with Gasteiger partial charge in [0.25, 0.3) is 0 Å². The molecule has 0 aliphatic carbocycles. The number of hydrazone groups is 1. The van der Waals surface area contributed by atoms with Crippen molar-refractivity contribution in [2.45, 2.75) is 0 Å². The van der Waals surface area contributed by atoms with Gasteiger partial charge in [-0.05, 0) is 24.4 Å². The topological polar surface area (TPSA) is 85.5 Å². The molecule has 1 aromatic carbocycles. The zero-order valence-corrected chi connectivity index (χ0v) is 13.6. The predicted molar refractivity (Wildman–Crippen MR) is 97.7 cm³/mol. The Morgan fingerprint density at radius 1 is 1.46 bits per heavy atom. The Morgan fingerprint density at radius 2 is 2.29 bits per heavy atom. The van der Waals surface area contributed by atoms with Crippen LogP contribution in [0.3, 0.4) is 0 Å². The zero-order valence-electron chi connectivity index (χ0n) is 12.8. The van der Waals surface area contributed by atoms with Crippen molar-refractivity contribution in [3.63, 3.8) is 0 Å². The quantitative estimate of drug-likeness (QED) is 0.332. The van der Waals surface area contributed by atoms with Crippen molar-refractivity contribution in [1.29, 1.82) is 0 Å². The fraction of sp³-hybridized carbons (Fsp3) is 0.0625. The minimum atomic E-state index is 0.0896. The van der Waals surface area contributed by atoms with Crippen LogP contribution in [0.15, 0.2) is 41.9 Å². The number of benzene rings is 1. The lowest BCUT2D eigenvalue weighted by atomic mass is 10.1. The highest BCUT2D eigenvalue weighted by molar-refractivity contribution is 7.80.